The van der Waals surface area contributed by atoms with Gasteiger partial charge in [0.05, 0.1) is 19.3 Å². The van der Waals surface area contributed by atoms with Gasteiger partial charge in [-0.05, 0) is 5.56 Å². The maximum absolute atomic E-state index is 11.6. The zero-order valence-corrected chi connectivity index (χ0v) is 16.5. The molecule has 0 bridgehead atoms. The van der Waals surface area contributed by atoms with Gasteiger partial charge in [0.15, 0.2) is 0 Å². The van der Waals surface area contributed by atoms with Crippen LogP contribution in [0.15, 0.2) is 30.3 Å². The third kappa shape index (κ3) is 6.31. The molecule has 154 valence electrons. The molecule has 0 aromatic heterocycles. The van der Waals surface area contributed by atoms with E-state index in [4.69, 9.17) is 23.7 Å². The van der Waals surface area contributed by atoms with Crippen LogP contribution in [0.25, 0.3) is 0 Å². The fourth-order valence-corrected chi connectivity index (χ4v) is 3.04. The second-order valence-electron chi connectivity index (χ2n) is 6.66. The maximum Gasteiger partial charge on any atom is 0.305 e. The van der Waals surface area contributed by atoms with Gasteiger partial charge >= 0.3 is 17.9 Å². The largest absolute Gasteiger partial charge is 0.458 e. The van der Waals surface area contributed by atoms with E-state index in [1.54, 1.807) is 6.92 Å². The predicted molar refractivity (Wildman–Crippen MR) is 96.8 cm³/mol. The van der Waals surface area contributed by atoms with E-state index in [1.807, 2.05) is 30.3 Å². The Morgan fingerprint density at radius 1 is 0.893 bits per heavy atom. The van der Waals surface area contributed by atoms with Crippen LogP contribution in [0.4, 0.5) is 0 Å². The number of carbonyl (C=O) groups is 3. The van der Waals surface area contributed by atoms with Crippen LogP contribution in [-0.4, -0.2) is 49.1 Å². The van der Waals surface area contributed by atoms with Crippen molar-refractivity contribution in [3.05, 3.63) is 35.9 Å². The molecule has 0 amide bonds. The van der Waals surface area contributed by atoms with Gasteiger partial charge in [-0.1, -0.05) is 37.3 Å². The monoisotopic (exact) mass is 394 g/mol. The molecule has 0 radical (unpaired) electrons. The highest BCUT2D eigenvalue weighted by Gasteiger charge is 2.49. The Labute approximate surface area is 164 Å². The first-order valence-corrected chi connectivity index (χ1v) is 9.06. The molecule has 1 fully saturated rings. The minimum absolute atomic E-state index is 0.179. The molecule has 0 aliphatic carbocycles. The van der Waals surface area contributed by atoms with E-state index in [1.165, 1.54) is 20.8 Å². The molecule has 0 saturated carbocycles. The Morgan fingerprint density at radius 3 is 2.04 bits per heavy atom. The van der Waals surface area contributed by atoms with Crippen molar-refractivity contribution in [3.63, 3.8) is 0 Å². The van der Waals surface area contributed by atoms with Crippen molar-refractivity contribution in [2.24, 2.45) is 5.92 Å². The Hall–Kier alpha value is -2.45. The number of esters is 3. The molecule has 0 N–H and O–H groups in total. The molecule has 1 unspecified atom stereocenters. The van der Waals surface area contributed by atoms with Gasteiger partial charge in [0.1, 0.15) is 6.10 Å². The Balaban J connectivity index is 2.13. The third-order valence-corrected chi connectivity index (χ3v) is 4.29. The van der Waals surface area contributed by atoms with Crippen LogP contribution in [0.5, 0.6) is 0 Å². The molecule has 5 atom stereocenters. The lowest BCUT2D eigenvalue weighted by molar-refractivity contribution is -0.287. The topological polar surface area (TPSA) is 97.4 Å². The van der Waals surface area contributed by atoms with Gasteiger partial charge in [0.2, 0.25) is 12.4 Å². The lowest BCUT2D eigenvalue weighted by atomic mass is 9.90. The highest BCUT2D eigenvalue weighted by atomic mass is 16.7. The number of ether oxygens (including phenoxy) is 5. The highest BCUT2D eigenvalue weighted by molar-refractivity contribution is 5.68. The zero-order chi connectivity index (χ0) is 20.7. The first kappa shape index (κ1) is 21.8. The van der Waals surface area contributed by atoms with E-state index in [2.05, 4.69) is 0 Å². The van der Waals surface area contributed by atoms with E-state index in [9.17, 15) is 14.4 Å². The normalized spacial score (nSPS) is 26.9. The van der Waals surface area contributed by atoms with Gasteiger partial charge in [0.25, 0.3) is 0 Å². The number of rotatable bonds is 7. The quantitative estimate of drug-likeness (QED) is 0.512. The Kier molecular flexibility index (Phi) is 7.95. The van der Waals surface area contributed by atoms with Crippen LogP contribution in [0.2, 0.25) is 0 Å². The highest BCUT2D eigenvalue weighted by Crippen LogP contribution is 2.31. The van der Waals surface area contributed by atoms with Gasteiger partial charge in [-0.15, -0.1) is 0 Å². The Morgan fingerprint density at radius 2 is 1.46 bits per heavy atom. The molecule has 1 aromatic carbocycles. The van der Waals surface area contributed by atoms with Crippen LogP contribution in [0.3, 0.4) is 0 Å². The molecule has 28 heavy (non-hydrogen) atoms. The molecule has 8 nitrogen and oxygen atoms in total. The van der Waals surface area contributed by atoms with Crippen LogP contribution in [0, 0.1) is 5.92 Å². The van der Waals surface area contributed by atoms with E-state index < -0.39 is 42.5 Å². The minimum atomic E-state index is -1.20. The smallest absolute Gasteiger partial charge is 0.305 e. The summed E-state index contributed by atoms with van der Waals surface area (Å²) >= 11 is 0. The van der Waals surface area contributed by atoms with E-state index in [-0.39, 0.29) is 12.5 Å². The second-order valence-corrected chi connectivity index (χ2v) is 6.66. The van der Waals surface area contributed by atoms with Gasteiger partial charge in [-0.25, -0.2) is 0 Å². The van der Waals surface area contributed by atoms with Crippen LogP contribution >= 0.6 is 0 Å². The number of hydrogen-bond donors (Lipinski definition) is 0. The number of hydrogen-bond acceptors (Lipinski definition) is 8. The van der Waals surface area contributed by atoms with Gasteiger partial charge in [-0.2, -0.15) is 0 Å². The fraction of sp³-hybridized carbons (Fsp3) is 0.550. The molecular weight excluding hydrogens is 368 g/mol. The summed E-state index contributed by atoms with van der Waals surface area (Å²) in [5, 5.41) is 0. The summed E-state index contributed by atoms with van der Waals surface area (Å²) in [6, 6.07) is 9.61. The second kappa shape index (κ2) is 10.2. The van der Waals surface area contributed by atoms with Crippen LogP contribution in [-0.2, 0) is 44.7 Å². The first-order chi connectivity index (χ1) is 13.3. The predicted octanol–water partition coefficient (Wildman–Crippen LogP) is 1.99. The number of benzene rings is 1. The summed E-state index contributed by atoms with van der Waals surface area (Å²) in [6.07, 6.45) is -3.65. The van der Waals surface area contributed by atoms with Crippen molar-refractivity contribution in [3.8, 4) is 0 Å². The van der Waals surface area contributed by atoms with Gasteiger partial charge in [-0.3, -0.25) is 14.4 Å². The molecule has 1 aliphatic heterocycles. The van der Waals surface area contributed by atoms with Crippen molar-refractivity contribution in [2.45, 2.75) is 58.9 Å². The van der Waals surface area contributed by atoms with Crippen molar-refractivity contribution in [1.29, 1.82) is 0 Å². The minimum Gasteiger partial charge on any atom is -0.458 e. The molecule has 1 saturated heterocycles. The summed E-state index contributed by atoms with van der Waals surface area (Å²) in [7, 11) is 0. The molecule has 0 spiro atoms. The summed E-state index contributed by atoms with van der Waals surface area (Å²) in [5.74, 6) is -2.12. The summed E-state index contributed by atoms with van der Waals surface area (Å²) in [5.41, 5.74) is 0.997. The molecular formula is C20H26O8. The van der Waals surface area contributed by atoms with Crippen molar-refractivity contribution in [1.82, 2.24) is 0 Å². The van der Waals surface area contributed by atoms with E-state index >= 15 is 0 Å². The summed E-state index contributed by atoms with van der Waals surface area (Å²) in [6.45, 7) is 6.04. The van der Waals surface area contributed by atoms with Gasteiger partial charge < -0.3 is 23.7 Å². The van der Waals surface area contributed by atoms with Crippen molar-refractivity contribution >= 4 is 17.9 Å². The van der Waals surface area contributed by atoms with E-state index in [0.717, 1.165) is 5.56 Å². The van der Waals surface area contributed by atoms with E-state index in [0.29, 0.717) is 6.61 Å². The first-order valence-electron chi connectivity index (χ1n) is 9.06. The number of carbonyl (C=O) groups excluding carboxylic acids is 3. The summed E-state index contributed by atoms with van der Waals surface area (Å²) in [4.78, 5) is 34.6. The average Bonchev–Trinajstić information content (AvgIpc) is 2.61. The van der Waals surface area contributed by atoms with Gasteiger partial charge in [0, 0.05) is 26.7 Å². The summed E-state index contributed by atoms with van der Waals surface area (Å²) < 4.78 is 27.4. The van der Waals surface area contributed by atoms with Crippen molar-refractivity contribution in [2.75, 3.05) is 6.61 Å². The molecule has 1 heterocycles. The fourth-order valence-electron chi connectivity index (χ4n) is 3.04. The standard InChI is InChI=1S/C20H26O8/c1-12-17(11-24-10-16-8-6-5-7-9-16)28-20(27-15(4)23)19(26-14(3)22)18(12)25-13(2)21/h5-9,12,17-20H,10-11H2,1-4H3/t12-,17+,18-,19+,20?/m1/s1. The molecule has 1 aliphatic rings. The van der Waals surface area contributed by atoms with Crippen molar-refractivity contribution < 1.29 is 38.1 Å². The Bertz CT molecular complexity index is 674. The molecule has 2 rings (SSSR count). The van der Waals surface area contributed by atoms with Crippen LogP contribution < -0.4 is 0 Å². The lowest BCUT2D eigenvalue weighted by Crippen LogP contribution is -2.58. The third-order valence-electron chi connectivity index (χ3n) is 4.29. The van der Waals surface area contributed by atoms with Crippen LogP contribution in [0.1, 0.15) is 33.3 Å². The molecule has 1 aromatic rings. The lowest BCUT2D eigenvalue weighted by Gasteiger charge is -2.43. The SMILES string of the molecule is CC(=O)OC1O[C@@H](COCc2ccccc2)[C@@H](C)[C@@H](OC(C)=O)[C@@H]1OC(C)=O. The zero-order valence-electron chi connectivity index (χ0n) is 16.5. The molecule has 8 heteroatoms. The average molecular weight is 394 g/mol. The maximum atomic E-state index is 11.6.